The Morgan fingerprint density at radius 3 is 2.27 bits per heavy atom. The van der Waals surface area contributed by atoms with Crippen LogP contribution in [-0.4, -0.2) is 33.1 Å². The summed E-state index contributed by atoms with van der Waals surface area (Å²) in [7, 11) is -3.53. The quantitative estimate of drug-likeness (QED) is 0.714. The van der Waals surface area contributed by atoms with E-state index in [1.807, 2.05) is 0 Å². The smallest absolute Gasteiger partial charge is 0.369 e. The van der Waals surface area contributed by atoms with E-state index in [1.165, 1.54) is 0 Å². The molecule has 0 aliphatic rings. The zero-order valence-corrected chi connectivity index (χ0v) is 9.07. The molecule has 0 bridgehead atoms. The average Bonchev–Trinajstić information content (AvgIpc) is 1.99. The lowest BCUT2D eigenvalue weighted by Gasteiger charge is -2.15. The van der Waals surface area contributed by atoms with Crippen molar-refractivity contribution in [2.24, 2.45) is 5.14 Å². The molecule has 0 rings (SSSR count). The van der Waals surface area contributed by atoms with E-state index in [0.29, 0.717) is 0 Å². The summed E-state index contributed by atoms with van der Waals surface area (Å²) in [6.45, 7) is 0.774. The van der Waals surface area contributed by atoms with Crippen LogP contribution in [0.15, 0.2) is 0 Å². The van der Waals surface area contributed by atoms with Crippen molar-refractivity contribution in [1.29, 1.82) is 0 Å². The van der Waals surface area contributed by atoms with E-state index in [0.717, 1.165) is 6.92 Å². The highest BCUT2D eigenvalue weighted by Gasteiger charge is 2.36. The van der Waals surface area contributed by atoms with Crippen LogP contribution < -0.4 is 5.14 Å². The number of unbranched alkanes of at least 4 members (excludes halogenated alkanes) is 1. The first kappa shape index (κ1) is 14.7. The van der Waals surface area contributed by atoms with Crippen molar-refractivity contribution in [2.45, 2.75) is 32.0 Å². The van der Waals surface area contributed by atoms with Gasteiger partial charge in [-0.3, -0.25) is 0 Å². The molecule has 0 aromatic carbocycles. The van der Waals surface area contributed by atoms with Crippen LogP contribution in [0.2, 0.25) is 0 Å². The number of alkyl halides is 3. The van der Waals surface area contributed by atoms with Crippen LogP contribution in [0, 0.1) is 0 Å². The van der Waals surface area contributed by atoms with Crippen molar-refractivity contribution in [2.75, 3.05) is 12.4 Å². The van der Waals surface area contributed by atoms with Gasteiger partial charge in [0, 0.05) is 6.61 Å². The minimum atomic E-state index is -4.38. The van der Waals surface area contributed by atoms with E-state index >= 15 is 0 Å². The second-order valence-corrected chi connectivity index (χ2v) is 4.86. The molecular formula is C7H14F3NO3S. The number of hydrogen-bond acceptors (Lipinski definition) is 3. The standard InChI is InChI=1S/C7H14F3NO3S/c1-6(7(8,9)10)14-4-2-3-5-15(11,12)13/h6H,2-5H2,1H3,(H2,11,12,13). The van der Waals surface area contributed by atoms with Crippen LogP contribution in [0.25, 0.3) is 0 Å². The second-order valence-electron chi connectivity index (χ2n) is 3.13. The van der Waals surface area contributed by atoms with Crippen LogP contribution in [0.5, 0.6) is 0 Å². The summed E-state index contributed by atoms with van der Waals surface area (Å²) in [5.74, 6) is -0.239. The molecule has 15 heavy (non-hydrogen) atoms. The normalized spacial score (nSPS) is 15.3. The fourth-order valence-corrected chi connectivity index (χ4v) is 1.37. The number of sulfonamides is 1. The molecule has 0 heterocycles. The Balaban J connectivity index is 3.56. The first-order valence-corrected chi connectivity index (χ1v) is 6.03. The Kier molecular flexibility index (Phi) is 5.54. The molecule has 0 spiro atoms. The molecule has 8 heteroatoms. The highest BCUT2D eigenvalue weighted by Crippen LogP contribution is 2.22. The summed E-state index contributed by atoms with van der Waals surface area (Å²) in [5, 5.41) is 4.70. The Labute approximate surface area is 86.6 Å². The molecule has 1 unspecified atom stereocenters. The van der Waals surface area contributed by atoms with E-state index in [9.17, 15) is 21.6 Å². The van der Waals surface area contributed by atoms with Gasteiger partial charge < -0.3 is 4.74 Å². The van der Waals surface area contributed by atoms with Gasteiger partial charge in [0.15, 0.2) is 6.10 Å². The van der Waals surface area contributed by atoms with Gasteiger partial charge in [0.2, 0.25) is 10.0 Å². The Hall–Kier alpha value is -0.340. The molecule has 4 nitrogen and oxygen atoms in total. The van der Waals surface area contributed by atoms with Gasteiger partial charge in [0.05, 0.1) is 5.75 Å². The maximum absolute atomic E-state index is 11.9. The zero-order valence-electron chi connectivity index (χ0n) is 8.25. The molecule has 0 aliphatic heterocycles. The van der Waals surface area contributed by atoms with Gasteiger partial charge in [-0.2, -0.15) is 13.2 Å². The molecule has 0 radical (unpaired) electrons. The molecule has 92 valence electrons. The summed E-state index contributed by atoms with van der Waals surface area (Å²) >= 11 is 0. The van der Waals surface area contributed by atoms with Gasteiger partial charge in [-0.05, 0) is 19.8 Å². The number of nitrogens with two attached hydrogens (primary N) is 1. The number of halogens is 3. The fraction of sp³-hybridized carbons (Fsp3) is 1.00. The average molecular weight is 249 g/mol. The molecule has 0 aromatic rings. The molecule has 0 saturated heterocycles. The number of rotatable bonds is 6. The SMILES string of the molecule is CC(OCCCCS(N)(=O)=O)C(F)(F)F. The highest BCUT2D eigenvalue weighted by molar-refractivity contribution is 7.89. The van der Waals surface area contributed by atoms with E-state index in [4.69, 9.17) is 5.14 Å². The lowest BCUT2D eigenvalue weighted by molar-refractivity contribution is -0.214. The van der Waals surface area contributed by atoms with E-state index in [2.05, 4.69) is 4.74 Å². The van der Waals surface area contributed by atoms with Crippen molar-refractivity contribution in [3.8, 4) is 0 Å². The van der Waals surface area contributed by atoms with Crippen LogP contribution in [0.4, 0.5) is 13.2 Å². The summed E-state index contributed by atoms with van der Waals surface area (Å²) < 4.78 is 61.1. The minimum Gasteiger partial charge on any atom is -0.369 e. The Bertz CT molecular complexity index is 276. The summed E-state index contributed by atoms with van der Waals surface area (Å²) in [6.07, 6.45) is -5.77. The zero-order chi connectivity index (χ0) is 12.1. The minimum absolute atomic E-state index is 0.129. The number of hydrogen-bond donors (Lipinski definition) is 1. The van der Waals surface area contributed by atoms with Gasteiger partial charge in [-0.15, -0.1) is 0 Å². The summed E-state index contributed by atoms with van der Waals surface area (Å²) in [6, 6.07) is 0. The van der Waals surface area contributed by atoms with Crippen molar-refractivity contribution >= 4 is 10.0 Å². The molecule has 0 aromatic heterocycles. The third-order valence-electron chi connectivity index (χ3n) is 1.65. The van der Waals surface area contributed by atoms with Crippen LogP contribution >= 0.6 is 0 Å². The summed E-state index contributed by atoms with van der Waals surface area (Å²) in [4.78, 5) is 0. The lowest BCUT2D eigenvalue weighted by atomic mass is 10.3. The third kappa shape index (κ3) is 8.64. The van der Waals surface area contributed by atoms with Crippen LogP contribution in [-0.2, 0) is 14.8 Å². The predicted molar refractivity (Wildman–Crippen MR) is 48.7 cm³/mol. The van der Waals surface area contributed by atoms with Gasteiger partial charge >= 0.3 is 6.18 Å². The highest BCUT2D eigenvalue weighted by atomic mass is 32.2. The maximum Gasteiger partial charge on any atom is 0.414 e. The Morgan fingerprint density at radius 2 is 1.87 bits per heavy atom. The predicted octanol–water partition coefficient (Wildman–Crippen LogP) is 1.02. The van der Waals surface area contributed by atoms with Crippen molar-refractivity contribution < 1.29 is 26.3 Å². The lowest BCUT2D eigenvalue weighted by Crippen LogP contribution is -2.29. The first-order chi connectivity index (χ1) is 6.63. The van der Waals surface area contributed by atoms with E-state index in [1.54, 1.807) is 0 Å². The van der Waals surface area contributed by atoms with Crippen molar-refractivity contribution in [3.63, 3.8) is 0 Å². The van der Waals surface area contributed by atoms with Crippen molar-refractivity contribution in [3.05, 3.63) is 0 Å². The molecule has 1 atom stereocenters. The molecular weight excluding hydrogens is 235 g/mol. The molecule has 0 fully saturated rings. The fourth-order valence-electron chi connectivity index (χ4n) is 0.760. The second kappa shape index (κ2) is 5.66. The van der Waals surface area contributed by atoms with Gasteiger partial charge in [0.1, 0.15) is 0 Å². The third-order valence-corrected chi connectivity index (χ3v) is 2.51. The van der Waals surface area contributed by atoms with Gasteiger partial charge in [0.25, 0.3) is 0 Å². The monoisotopic (exact) mass is 249 g/mol. The molecule has 0 amide bonds. The largest absolute Gasteiger partial charge is 0.414 e. The van der Waals surface area contributed by atoms with Gasteiger partial charge in [-0.25, -0.2) is 13.6 Å². The van der Waals surface area contributed by atoms with Crippen LogP contribution in [0.1, 0.15) is 19.8 Å². The van der Waals surface area contributed by atoms with E-state index in [-0.39, 0.29) is 25.2 Å². The molecule has 0 aliphatic carbocycles. The number of primary sulfonamides is 1. The summed E-state index contributed by atoms with van der Waals surface area (Å²) in [5.41, 5.74) is 0. The topological polar surface area (TPSA) is 69.4 Å². The van der Waals surface area contributed by atoms with Gasteiger partial charge in [-0.1, -0.05) is 0 Å². The number of ether oxygens (including phenoxy) is 1. The van der Waals surface area contributed by atoms with Crippen LogP contribution in [0.3, 0.4) is 0 Å². The Morgan fingerprint density at radius 1 is 1.33 bits per heavy atom. The maximum atomic E-state index is 11.9. The molecule has 2 N–H and O–H groups in total. The van der Waals surface area contributed by atoms with Crippen molar-refractivity contribution in [1.82, 2.24) is 0 Å². The van der Waals surface area contributed by atoms with E-state index < -0.39 is 22.3 Å². The molecule has 0 saturated carbocycles. The first-order valence-electron chi connectivity index (χ1n) is 4.32.